The summed E-state index contributed by atoms with van der Waals surface area (Å²) in [5.74, 6) is -0.288. The third-order valence-electron chi connectivity index (χ3n) is 2.68. The van der Waals surface area contributed by atoms with Crippen LogP contribution < -0.4 is 5.32 Å². The molecule has 0 aliphatic heterocycles. The molecule has 88 valence electrons. The van der Waals surface area contributed by atoms with E-state index in [0.29, 0.717) is 24.7 Å². The van der Waals surface area contributed by atoms with Crippen molar-refractivity contribution in [1.82, 2.24) is 5.32 Å². The molecule has 0 amide bonds. The van der Waals surface area contributed by atoms with Gasteiger partial charge < -0.3 is 14.8 Å². The first-order chi connectivity index (χ1) is 7.06. The van der Waals surface area contributed by atoms with Gasteiger partial charge in [0.1, 0.15) is 6.61 Å². The lowest BCUT2D eigenvalue weighted by atomic mass is 10.2. The van der Waals surface area contributed by atoms with Gasteiger partial charge in [-0.15, -0.1) is 0 Å². The van der Waals surface area contributed by atoms with Crippen LogP contribution in [0.15, 0.2) is 0 Å². The Morgan fingerprint density at radius 1 is 1.53 bits per heavy atom. The molecular weight excluding hydrogens is 194 g/mol. The van der Waals surface area contributed by atoms with Crippen molar-refractivity contribution in [3.63, 3.8) is 0 Å². The molecule has 0 heterocycles. The van der Waals surface area contributed by atoms with E-state index in [-0.39, 0.29) is 12.6 Å². The minimum absolute atomic E-state index is 0.0591. The number of hydrogen-bond donors (Lipinski definition) is 1. The number of ether oxygens (including phenoxy) is 2. The first-order valence-electron chi connectivity index (χ1n) is 5.53. The fourth-order valence-electron chi connectivity index (χ4n) is 1.48. The third-order valence-corrected chi connectivity index (χ3v) is 2.68. The van der Waals surface area contributed by atoms with Gasteiger partial charge in [-0.3, -0.25) is 0 Å². The molecule has 1 N–H and O–H groups in total. The Balaban J connectivity index is 1.88. The summed E-state index contributed by atoms with van der Waals surface area (Å²) in [7, 11) is 0. The Morgan fingerprint density at radius 2 is 2.20 bits per heavy atom. The van der Waals surface area contributed by atoms with E-state index >= 15 is 0 Å². The highest BCUT2D eigenvalue weighted by atomic mass is 16.6. The normalized spacial score (nSPS) is 22.5. The number of carbonyl (C=O) groups is 1. The number of hydrogen-bond acceptors (Lipinski definition) is 4. The van der Waals surface area contributed by atoms with Gasteiger partial charge in [-0.05, 0) is 18.8 Å². The second kappa shape index (κ2) is 5.47. The Kier molecular flexibility index (Phi) is 4.54. The van der Waals surface area contributed by atoms with E-state index in [1.165, 1.54) is 6.42 Å². The van der Waals surface area contributed by atoms with Crippen LogP contribution in [0.5, 0.6) is 0 Å². The first-order valence-corrected chi connectivity index (χ1v) is 5.53. The highest BCUT2D eigenvalue weighted by Gasteiger charge is 2.44. The molecule has 1 rings (SSSR count). The molecule has 0 spiro atoms. The summed E-state index contributed by atoms with van der Waals surface area (Å²) >= 11 is 0. The maximum atomic E-state index is 10.9. The summed E-state index contributed by atoms with van der Waals surface area (Å²) in [5, 5.41) is 3.38. The lowest BCUT2D eigenvalue weighted by Crippen LogP contribution is -2.26. The Morgan fingerprint density at radius 3 is 2.73 bits per heavy atom. The topological polar surface area (TPSA) is 47.6 Å². The molecule has 0 aromatic heterocycles. The number of nitrogens with one attached hydrogen (secondary N) is 1. The van der Waals surface area contributed by atoms with E-state index in [1.807, 2.05) is 0 Å². The Bertz CT molecular complexity index is 216. The second-order valence-corrected chi connectivity index (χ2v) is 4.56. The predicted octanol–water partition coefficient (Wildman–Crippen LogP) is 0.954. The quantitative estimate of drug-likeness (QED) is 0.507. The van der Waals surface area contributed by atoms with Crippen LogP contribution in [0, 0.1) is 5.41 Å². The zero-order valence-corrected chi connectivity index (χ0v) is 9.84. The molecule has 15 heavy (non-hydrogen) atoms. The fourth-order valence-corrected chi connectivity index (χ4v) is 1.48. The van der Waals surface area contributed by atoms with Crippen molar-refractivity contribution in [1.29, 1.82) is 0 Å². The van der Waals surface area contributed by atoms with Crippen molar-refractivity contribution < 1.29 is 14.3 Å². The van der Waals surface area contributed by atoms with Crippen LogP contribution in [-0.4, -0.2) is 38.4 Å². The smallest absolute Gasteiger partial charge is 0.332 e. The number of esters is 1. The minimum atomic E-state index is -0.288. The second-order valence-electron chi connectivity index (χ2n) is 4.56. The van der Waals surface area contributed by atoms with E-state index in [0.717, 1.165) is 6.54 Å². The zero-order valence-electron chi connectivity index (χ0n) is 9.84. The molecule has 0 saturated heterocycles. The predicted molar refractivity (Wildman–Crippen MR) is 57.6 cm³/mol. The summed E-state index contributed by atoms with van der Waals surface area (Å²) in [6.07, 6.45) is 1.23. The van der Waals surface area contributed by atoms with Crippen molar-refractivity contribution in [2.24, 2.45) is 5.41 Å². The molecule has 1 unspecified atom stereocenters. The molecule has 1 saturated carbocycles. The van der Waals surface area contributed by atoms with Gasteiger partial charge in [-0.25, -0.2) is 4.79 Å². The molecule has 1 fully saturated rings. The van der Waals surface area contributed by atoms with E-state index in [9.17, 15) is 4.79 Å². The van der Waals surface area contributed by atoms with E-state index in [2.05, 4.69) is 19.2 Å². The van der Waals surface area contributed by atoms with Gasteiger partial charge in [0.15, 0.2) is 0 Å². The molecule has 0 radical (unpaired) electrons. The molecule has 4 heteroatoms. The number of carbonyl (C=O) groups excluding carboxylic acids is 1. The molecule has 4 nitrogen and oxygen atoms in total. The zero-order chi connectivity index (χ0) is 11.3. The van der Waals surface area contributed by atoms with Crippen LogP contribution >= 0.6 is 0 Å². The summed E-state index contributed by atoms with van der Waals surface area (Å²) in [5.41, 5.74) is 0.446. The largest absolute Gasteiger partial charge is 0.464 e. The van der Waals surface area contributed by atoms with Crippen LogP contribution in [0.2, 0.25) is 0 Å². The fraction of sp³-hybridized carbons (Fsp3) is 0.909. The molecule has 1 aliphatic carbocycles. The SMILES string of the molecule is CCOC(=O)COCCNC1CC1(C)C. The average molecular weight is 215 g/mol. The lowest BCUT2D eigenvalue weighted by Gasteiger charge is -2.07. The van der Waals surface area contributed by atoms with E-state index < -0.39 is 0 Å². The summed E-state index contributed by atoms with van der Waals surface area (Å²) in [4.78, 5) is 10.9. The number of rotatable bonds is 7. The molecule has 0 aromatic rings. The van der Waals surface area contributed by atoms with Crippen LogP contribution in [0.4, 0.5) is 0 Å². The highest BCUT2D eigenvalue weighted by molar-refractivity contribution is 5.70. The first kappa shape index (κ1) is 12.5. The van der Waals surface area contributed by atoms with Crippen LogP contribution in [0.1, 0.15) is 27.2 Å². The van der Waals surface area contributed by atoms with E-state index in [4.69, 9.17) is 9.47 Å². The monoisotopic (exact) mass is 215 g/mol. The third kappa shape index (κ3) is 4.62. The van der Waals surface area contributed by atoms with Crippen LogP contribution in [-0.2, 0) is 14.3 Å². The van der Waals surface area contributed by atoms with Gasteiger partial charge in [-0.1, -0.05) is 13.8 Å². The highest BCUT2D eigenvalue weighted by Crippen LogP contribution is 2.44. The van der Waals surface area contributed by atoms with Crippen molar-refractivity contribution in [2.45, 2.75) is 33.2 Å². The Labute approximate surface area is 91.3 Å². The Hall–Kier alpha value is -0.610. The van der Waals surface area contributed by atoms with Gasteiger partial charge in [0.05, 0.1) is 13.2 Å². The molecule has 1 aliphatic rings. The maximum Gasteiger partial charge on any atom is 0.332 e. The van der Waals surface area contributed by atoms with Gasteiger partial charge in [-0.2, -0.15) is 0 Å². The minimum Gasteiger partial charge on any atom is -0.464 e. The van der Waals surface area contributed by atoms with Crippen molar-refractivity contribution >= 4 is 5.97 Å². The van der Waals surface area contributed by atoms with E-state index in [1.54, 1.807) is 6.92 Å². The molecular formula is C11H21NO3. The van der Waals surface area contributed by atoms with Gasteiger partial charge in [0, 0.05) is 12.6 Å². The molecule has 0 aromatic carbocycles. The molecule has 1 atom stereocenters. The summed E-state index contributed by atoms with van der Waals surface area (Å²) in [6.45, 7) is 8.10. The lowest BCUT2D eigenvalue weighted by molar-refractivity contribution is -0.148. The summed E-state index contributed by atoms with van der Waals surface area (Å²) < 4.78 is 9.89. The van der Waals surface area contributed by atoms with Gasteiger partial charge in [0.25, 0.3) is 0 Å². The van der Waals surface area contributed by atoms with Crippen molar-refractivity contribution in [2.75, 3.05) is 26.4 Å². The van der Waals surface area contributed by atoms with Crippen molar-refractivity contribution in [3.8, 4) is 0 Å². The standard InChI is InChI=1S/C11H21NO3/c1-4-15-10(13)8-14-6-5-12-9-7-11(9,2)3/h9,12H,4-8H2,1-3H3. The van der Waals surface area contributed by atoms with Gasteiger partial charge >= 0.3 is 5.97 Å². The van der Waals surface area contributed by atoms with Crippen LogP contribution in [0.3, 0.4) is 0 Å². The van der Waals surface area contributed by atoms with Gasteiger partial charge in [0.2, 0.25) is 0 Å². The molecule has 0 bridgehead atoms. The average Bonchev–Trinajstić information content (AvgIpc) is 2.74. The van der Waals surface area contributed by atoms with Crippen molar-refractivity contribution in [3.05, 3.63) is 0 Å². The maximum absolute atomic E-state index is 10.9. The summed E-state index contributed by atoms with van der Waals surface area (Å²) in [6, 6.07) is 0.615. The van der Waals surface area contributed by atoms with Crippen LogP contribution in [0.25, 0.3) is 0 Å².